The first-order chi connectivity index (χ1) is 14.7. The predicted molar refractivity (Wildman–Crippen MR) is 119 cm³/mol. The zero-order valence-electron chi connectivity index (χ0n) is 17.6. The number of ether oxygens (including phenoxy) is 1. The molecule has 0 unspecified atom stereocenters. The van der Waals surface area contributed by atoms with Crippen LogP contribution in [0, 0.1) is 0 Å². The fourth-order valence-electron chi connectivity index (χ4n) is 5.00. The second-order valence-corrected chi connectivity index (χ2v) is 8.32. The molecule has 1 atom stereocenters. The normalized spacial score (nSPS) is 19.2. The van der Waals surface area contributed by atoms with Gasteiger partial charge in [-0.2, -0.15) is 0 Å². The summed E-state index contributed by atoms with van der Waals surface area (Å²) in [5, 5.41) is 1.25. The van der Waals surface area contributed by atoms with Gasteiger partial charge in [0.25, 0.3) is 0 Å². The molecule has 1 saturated heterocycles. The maximum atomic E-state index is 13.2. The van der Waals surface area contributed by atoms with Crippen molar-refractivity contribution in [2.75, 3.05) is 26.2 Å². The van der Waals surface area contributed by atoms with Crippen molar-refractivity contribution in [3.8, 4) is 5.75 Å². The van der Waals surface area contributed by atoms with E-state index in [1.165, 1.54) is 27.7 Å². The summed E-state index contributed by atoms with van der Waals surface area (Å²) in [5.41, 5.74) is 5.02. The van der Waals surface area contributed by atoms with Gasteiger partial charge in [-0.3, -0.25) is 9.69 Å². The average Bonchev–Trinajstić information content (AvgIpc) is 3.38. The Morgan fingerprint density at radius 1 is 1.13 bits per heavy atom. The smallest absolute Gasteiger partial charge is 0.237 e. The van der Waals surface area contributed by atoms with Crippen molar-refractivity contribution >= 4 is 16.8 Å². The number of nitrogens with one attached hydrogen (secondary N) is 1. The first-order valence-corrected chi connectivity index (χ1v) is 11.1. The van der Waals surface area contributed by atoms with E-state index in [4.69, 9.17) is 4.74 Å². The summed E-state index contributed by atoms with van der Waals surface area (Å²) in [6, 6.07) is 17.1. The number of amides is 1. The van der Waals surface area contributed by atoms with Gasteiger partial charge >= 0.3 is 0 Å². The lowest BCUT2D eigenvalue weighted by Gasteiger charge is -2.31. The third kappa shape index (κ3) is 3.58. The second kappa shape index (κ2) is 8.15. The van der Waals surface area contributed by atoms with Crippen molar-refractivity contribution in [3.05, 3.63) is 65.4 Å². The maximum absolute atomic E-state index is 13.2. The van der Waals surface area contributed by atoms with Crippen molar-refractivity contribution in [2.24, 2.45) is 0 Å². The van der Waals surface area contributed by atoms with Gasteiger partial charge in [0.05, 0.1) is 13.2 Å². The van der Waals surface area contributed by atoms with Crippen molar-refractivity contribution in [3.63, 3.8) is 0 Å². The molecule has 5 heteroatoms. The fraction of sp³-hybridized carbons (Fsp3) is 0.400. The van der Waals surface area contributed by atoms with Crippen LogP contribution in [0.5, 0.6) is 5.75 Å². The number of para-hydroxylation sites is 1. The van der Waals surface area contributed by atoms with E-state index in [-0.39, 0.29) is 5.91 Å². The van der Waals surface area contributed by atoms with E-state index in [9.17, 15) is 4.79 Å². The Morgan fingerprint density at radius 2 is 1.97 bits per heavy atom. The maximum Gasteiger partial charge on any atom is 0.237 e. The Balaban J connectivity index is 1.28. The van der Waals surface area contributed by atoms with Crippen molar-refractivity contribution in [1.29, 1.82) is 0 Å². The van der Waals surface area contributed by atoms with E-state index in [2.05, 4.69) is 46.3 Å². The minimum atomic E-state index is 0.240. The number of rotatable bonds is 5. The Bertz CT molecular complexity index is 1040. The first kappa shape index (κ1) is 19.2. The Labute approximate surface area is 177 Å². The van der Waals surface area contributed by atoms with E-state index in [0.29, 0.717) is 25.7 Å². The summed E-state index contributed by atoms with van der Waals surface area (Å²) in [7, 11) is 0. The van der Waals surface area contributed by atoms with Gasteiger partial charge in [-0.1, -0.05) is 30.3 Å². The molecule has 1 amide bonds. The van der Waals surface area contributed by atoms with Crippen molar-refractivity contribution in [1.82, 2.24) is 14.8 Å². The number of aromatic amines is 1. The van der Waals surface area contributed by atoms with Crippen LogP contribution in [-0.4, -0.2) is 46.9 Å². The number of aromatic nitrogens is 1. The third-order valence-corrected chi connectivity index (χ3v) is 6.51. The third-order valence-electron chi connectivity index (χ3n) is 6.51. The summed E-state index contributed by atoms with van der Waals surface area (Å²) in [6.07, 6.45) is 3.14. The summed E-state index contributed by atoms with van der Waals surface area (Å²) < 4.78 is 5.57. The minimum absolute atomic E-state index is 0.240. The van der Waals surface area contributed by atoms with Gasteiger partial charge in [-0.25, -0.2) is 0 Å². The molecule has 5 rings (SSSR count). The number of likely N-dealkylation sites (tertiary alicyclic amines) is 1. The quantitative estimate of drug-likeness (QED) is 0.691. The number of H-pyrrole nitrogens is 1. The molecule has 1 N–H and O–H groups in total. The molecule has 0 radical (unpaired) electrons. The van der Waals surface area contributed by atoms with E-state index < -0.39 is 0 Å². The van der Waals surface area contributed by atoms with E-state index in [1.54, 1.807) is 0 Å². The lowest BCUT2D eigenvalue weighted by molar-refractivity contribution is -0.133. The number of carbonyl (C=O) groups is 1. The molecule has 3 aromatic rings. The van der Waals surface area contributed by atoms with Crippen LogP contribution < -0.4 is 4.74 Å². The zero-order valence-corrected chi connectivity index (χ0v) is 17.6. The van der Waals surface area contributed by atoms with Gasteiger partial charge in [-0.05, 0) is 50.1 Å². The van der Waals surface area contributed by atoms with Crippen LogP contribution in [0.15, 0.2) is 48.5 Å². The molecular weight excluding hydrogens is 374 g/mol. The average molecular weight is 404 g/mol. The minimum Gasteiger partial charge on any atom is -0.494 e. The molecule has 3 heterocycles. The number of nitrogens with zero attached hydrogens (tertiary/aromatic N) is 2. The van der Waals surface area contributed by atoms with Crippen LogP contribution in [0.3, 0.4) is 0 Å². The second-order valence-electron chi connectivity index (χ2n) is 8.32. The summed E-state index contributed by atoms with van der Waals surface area (Å²) >= 11 is 0. The molecule has 0 aliphatic carbocycles. The van der Waals surface area contributed by atoms with Crippen LogP contribution >= 0.6 is 0 Å². The van der Waals surface area contributed by atoms with Gasteiger partial charge < -0.3 is 14.6 Å². The lowest BCUT2D eigenvalue weighted by Crippen LogP contribution is -2.42. The molecule has 30 heavy (non-hydrogen) atoms. The Hall–Kier alpha value is -2.79. The summed E-state index contributed by atoms with van der Waals surface area (Å²) in [6.45, 7) is 5.65. The van der Waals surface area contributed by atoms with Crippen LogP contribution in [0.2, 0.25) is 0 Å². The van der Waals surface area contributed by atoms with Gasteiger partial charge in [0.1, 0.15) is 5.75 Å². The van der Waals surface area contributed by atoms with Crippen LogP contribution in [0.1, 0.15) is 42.6 Å². The van der Waals surface area contributed by atoms with Gasteiger partial charge in [0.15, 0.2) is 0 Å². The monoisotopic (exact) mass is 403 g/mol. The van der Waals surface area contributed by atoms with Crippen LogP contribution in [-0.2, 0) is 17.8 Å². The summed E-state index contributed by atoms with van der Waals surface area (Å²) in [5.74, 6) is 1.15. The molecule has 156 valence electrons. The number of benzene rings is 2. The van der Waals surface area contributed by atoms with Gasteiger partial charge in [-0.15, -0.1) is 0 Å². The molecule has 1 fully saturated rings. The summed E-state index contributed by atoms with van der Waals surface area (Å²) in [4.78, 5) is 21.1. The van der Waals surface area contributed by atoms with E-state index in [1.807, 2.05) is 24.0 Å². The number of hydrogen-bond donors (Lipinski definition) is 1. The largest absolute Gasteiger partial charge is 0.494 e. The first-order valence-electron chi connectivity index (χ1n) is 11.1. The Kier molecular flexibility index (Phi) is 5.21. The van der Waals surface area contributed by atoms with Gasteiger partial charge in [0, 0.05) is 47.7 Å². The molecule has 2 aromatic carbocycles. The lowest BCUT2D eigenvalue weighted by atomic mass is 10.0. The van der Waals surface area contributed by atoms with Crippen molar-refractivity contribution < 1.29 is 9.53 Å². The number of fused-ring (bicyclic) bond motifs is 3. The van der Waals surface area contributed by atoms with E-state index in [0.717, 1.165) is 38.1 Å². The number of hydrogen-bond acceptors (Lipinski definition) is 3. The Morgan fingerprint density at radius 3 is 2.80 bits per heavy atom. The van der Waals surface area contributed by atoms with Crippen LogP contribution in [0.25, 0.3) is 10.9 Å². The zero-order chi connectivity index (χ0) is 20.5. The standard InChI is InChI=1S/C25H29N3O2/c1-2-30-19-11-9-18(10-12-19)24-8-5-14-27(24)17-25(29)28-15-13-23-21(16-28)20-6-3-4-7-22(20)26-23/h3-4,6-7,9-12,24,26H,2,5,8,13-17H2,1H3/t24-/m1/s1. The fourth-order valence-corrected chi connectivity index (χ4v) is 5.00. The molecule has 2 aliphatic heterocycles. The molecule has 1 aromatic heterocycles. The highest BCUT2D eigenvalue weighted by Crippen LogP contribution is 2.33. The highest BCUT2D eigenvalue weighted by molar-refractivity contribution is 5.86. The van der Waals surface area contributed by atoms with E-state index >= 15 is 0 Å². The molecule has 0 spiro atoms. The molecule has 0 bridgehead atoms. The number of carbonyl (C=O) groups excluding carboxylic acids is 1. The highest BCUT2D eigenvalue weighted by Gasteiger charge is 2.30. The molecule has 5 nitrogen and oxygen atoms in total. The predicted octanol–water partition coefficient (Wildman–Crippen LogP) is 4.29. The highest BCUT2D eigenvalue weighted by atomic mass is 16.5. The molecule has 0 saturated carbocycles. The topological polar surface area (TPSA) is 48.6 Å². The van der Waals surface area contributed by atoms with Crippen LogP contribution in [0.4, 0.5) is 0 Å². The van der Waals surface area contributed by atoms with Gasteiger partial charge in [0.2, 0.25) is 5.91 Å². The molecular formula is C25H29N3O2. The van der Waals surface area contributed by atoms with Crippen molar-refractivity contribution in [2.45, 2.75) is 38.8 Å². The molecule has 2 aliphatic rings. The SMILES string of the molecule is CCOc1ccc([C@H]2CCCN2CC(=O)N2CCc3[nH]c4ccccc4c3C2)cc1.